The number of hydrogen-bond acceptors (Lipinski definition) is 4. The van der Waals surface area contributed by atoms with Crippen LogP contribution in [0, 0.1) is 0 Å². The Kier molecular flexibility index (Phi) is 4.96. The van der Waals surface area contributed by atoms with Crippen LogP contribution in [0.5, 0.6) is 0 Å². The van der Waals surface area contributed by atoms with Crippen LogP contribution in [-0.4, -0.2) is 34.9 Å². The molecule has 0 aromatic carbocycles. The van der Waals surface area contributed by atoms with Crippen molar-refractivity contribution in [2.75, 3.05) is 18.9 Å². The molecule has 96 valence electrons. The summed E-state index contributed by atoms with van der Waals surface area (Å²) in [5, 5.41) is 6.75. The first kappa shape index (κ1) is 13.5. The van der Waals surface area contributed by atoms with Gasteiger partial charge in [0.2, 0.25) is 0 Å². The molecule has 6 heteroatoms. The minimum Gasteiger partial charge on any atom is -0.384 e. The quantitative estimate of drug-likeness (QED) is 0.711. The third-order valence-electron chi connectivity index (χ3n) is 2.21. The Morgan fingerprint density at radius 2 is 2.35 bits per heavy atom. The van der Waals surface area contributed by atoms with Gasteiger partial charge in [-0.25, -0.2) is 0 Å². The number of carbonyl (C=O) groups is 1. The number of rotatable bonds is 6. The van der Waals surface area contributed by atoms with E-state index in [9.17, 15) is 4.79 Å². The highest BCUT2D eigenvalue weighted by Gasteiger charge is 2.10. The number of anilines is 1. The van der Waals surface area contributed by atoms with Gasteiger partial charge in [-0.05, 0) is 20.3 Å². The summed E-state index contributed by atoms with van der Waals surface area (Å²) >= 11 is 0. The van der Waals surface area contributed by atoms with Crippen LogP contribution >= 0.6 is 0 Å². The summed E-state index contributed by atoms with van der Waals surface area (Å²) in [6.07, 6.45) is 1.01. The molecule has 0 fully saturated rings. The lowest BCUT2D eigenvalue weighted by atomic mass is 10.3. The third kappa shape index (κ3) is 4.44. The van der Waals surface area contributed by atoms with Crippen molar-refractivity contribution in [2.24, 2.45) is 7.05 Å². The number of hydrogen-bond donors (Lipinski definition) is 2. The van der Waals surface area contributed by atoms with Crippen molar-refractivity contribution >= 4 is 11.7 Å². The van der Waals surface area contributed by atoms with E-state index in [0.717, 1.165) is 6.42 Å². The highest BCUT2D eigenvalue weighted by atomic mass is 16.5. The second-order valence-electron chi connectivity index (χ2n) is 4.11. The summed E-state index contributed by atoms with van der Waals surface area (Å²) in [6, 6.07) is 1.56. The first-order valence-electron chi connectivity index (χ1n) is 5.70. The molecule has 1 amide bonds. The Hall–Kier alpha value is -1.56. The van der Waals surface area contributed by atoms with Gasteiger partial charge in [-0.15, -0.1) is 0 Å². The molecule has 1 aromatic rings. The van der Waals surface area contributed by atoms with Crippen molar-refractivity contribution in [1.29, 1.82) is 0 Å². The molecule has 0 aliphatic heterocycles. The monoisotopic (exact) mass is 240 g/mol. The highest BCUT2D eigenvalue weighted by Crippen LogP contribution is 2.03. The Morgan fingerprint density at radius 3 is 2.88 bits per heavy atom. The van der Waals surface area contributed by atoms with E-state index < -0.39 is 0 Å². The van der Waals surface area contributed by atoms with E-state index in [1.165, 1.54) is 4.68 Å². The van der Waals surface area contributed by atoms with Gasteiger partial charge < -0.3 is 15.8 Å². The summed E-state index contributed by atoms with van der Waals surface area (Å²) in [5.74, 6) is 0.264. The van der Waals surface area contributed by atoms with Gasteiger partial charge >= 0.3 is 0 Å². The maximum atomic E-state index is 11.6. The van der Waals surface area contributed by atoms with E-state index in [2.05, 4.69) is 10.4 Å². The van der Waals surface area contributed by atoms with Crippen LogP contribution in [0.1, 0.15) is 30.8 Å². The second-order valence-corrected chi connectivity index (χ2v) is 4.11. The molecule has 0 atom stereocenters. The average Bonchev–Trinajstić information content (AvgIpc) is 2.58. The van der Waals surface area contributed by atoms with Crippen LogP contribution in [0.4, 0.5) is 5.82 Å². The van der Waals surface area contributed by atoms with Crippen molar-refractivity contribution in [2.45, 2.75) is 26.4 Å². The van der Waals surface area contributed by atoms with Crippen LogP contribution in [0.25, 0.3) is 0 Å². The molecule has 17 heavy (non-hydrogen) atoms. The van der Waals surface area contributed by atoms with E-state index in [1.54, 1.807) is 13.1 Å². The Labute approximate surface area is 101 Å². The number of ether oxygens (including phenoxy) is 1. The lowest BCUT2D eigenvalue weighted by Crippen LogP contribution is -2.26. The third-order valence-corrected chi connectivity index (χ3v) is 2.21. The summed E-state index contributed by atoms with van der Waals surface area (Å²) in [6.45, 7) is 5.18. The van der Waals surface area contributed by atoms with Gasteiger partial charge in [-0.1, -0.05) is 0 Å². The highest BCUT2D eigenvalue weighted by molar-refractivity contribution is 5.92. The zero-order valence-corrected chi connectivity index (χ0v) is 10.6. The molecular weight excluding hydrogens is 220 g/mol. The van der Waals surface area contributed by atoms with Crippen LogP contribution in [0.15, 0.2) is 6.07 Å². The normalized spacial score (nSPS) is 10.8. The molecule has 6 nitrogen and oxygen atoms in total. The predicted molar refractivity (Wildman–Crippen MR) is 65.7 cm³/mol. The zero-order valence-electron chi connectivity index (χ0n) is 10.6. The molecule has 1 rings (SSSR count). The second kappa shape index (κ2) is 6.24. The number of carbonyl (C=O) groups excluding carboxylic acids is 1. The number of nitrogens with one attached hydrogen (secondary N) is 1. The molecule has 0 spiro atoms. The number of amides is 1. The molecule has 0 aliphatic carbocycles. The number of nitrogens with two attached hydrogens (primary N) is 1. The van der Waals surface area contributed by atoms with Gasteiger partial charge in [0, 0.05) is 26.3 Å². The SMILES string of the molecule is CC(C)OCCCNC(=O)c1cc(N)n(C)n1. The number of aryl methyl sites for hydroxylation is 1. The van der Waals surface area contributed by atoms with Gasteiger partial charge in [0.25, 0.3) is 5.91 Å². The van der Waals surface area contributed by atoms with E-state index >= 15 is 0 Å². The van der Waals surface area contributed by atoms with Crippen LogP contribution in [-0.2, 0) is 11.8 Å². The van der Waals surface area contributed by atoms with Crippen molar-refractivity contribution in [1.82, 2.24) is 15.1 Å². The van der Waals surface area contributed by atoms with E-state index in [4.69, 9.17) is 10.5 Å². The van der Waals surface area contributed by atoms with Crippen LogP contribution in [0.2, 0.25) is 0 Å². The van der Waals surface area contributed by atoms with Crippen molar-refractivity contribution in [3.63, 3.8) is 0 Å². The number of nitrogens with zero attached hydrogens (tertiary/aromatic N) is 2. The van der Waals surface area contributed by atoms with Crippen LogP contribution < -0.4 is 11.1 Å². The fourth-order valence-corrected chi connectivity index (χ4v) is 1.28. The molecule has 1 aromatic heterocycles. The number of aromatic nitrogens is 2. The average molecular weight is 240 g/mol. The predicted octanol–water partition coefficient (Wildman–Crippen LogP) is 0.547. The molecule has 1 heterocycles. The van der Waals surface area contributed by atoms with Gasteiger partial charge in [-0.2, -0.15) is 5.10 Å². The van der Waals surface area contributed by atoms with Gasteiger partial charge in [0.15, 0.2) is 5.69 Å². The lowest BCUT2D eigenvalue weighted by Gasteiger charge is -2.07. The van der Waals surface area contributed by atoms with Crippen molar-refractivity contribution in [3.05, 3.63) is 11.8 Å². The van der Waals surface area contributed by atoms with Gasteiger partial charge in [-0.3, -0.25) is 9.48 Å². The molecule has 0 radical (unpaired) electrons. The standard InChI is InChI=1S/C11H20N4O2/c1-8(2)17-6-4-5-13-11(16)9-7-10(12)15(3)14-9/h7-8H,4-6,12H2,1-3H3,(H,13,16). The van der Waals surface area contributed by atoms with E-state index in [0.29, 0.717) is 24.7 Å². The summed E-state index contributed by atoms with van der Waals surface area (Å²) < 4.78 is 6.83. The molecule has 0 aliphatic rings. The molecule has 0 bridgehead atoms. The maximum absolute atomic E-state index is 11.6. The minimum atomic E-state index is -0.207. The molecule has 0 saturated heterocycles. The van der Waals surface area contributed by atoms with Crippen molar-refractivity contribution < 1.29 is 9.53 Å². The largest absolute Gasteiger partial charge is 0.384 e. The molecule has 0 saturated carbocycles. The minimum absolute atomic E-state index is 0.207. The maximum Gasteiger partial charge on any atom is 0.271 e. The topological polar surface area (TPSA) is 82.2 Å². The first-order valence-corrected chi connectivity index (χ1v) is 5.70. The van der Waals surface area contributed by atoms with Crippen LogP contribution in [0.3, 0.4) is 0 Å². The first-order chi connectivity index (χ1) is 8.00. The summed E-state index contributed by atoms with van der Waals surface area (Å²) in [4.78, 5) is 11.6. The van der Waals surface area contributed by atoms with E-state index in [-0.39, 0.29) is 12.0 Å². The molecular formula is C11H20N4O2. The Bertz CT molecular complexity index is 354. The Balaban J connectivity index is 2.26. The fraction of sp³-hybridized carbons (Fsp3) is 0.636. The van der Waals surface area contributed by atoms with Crippen molar-refractivity contribution in [3.8, 4) is 0 Å². The molecule has 0 unspecified atom stereocenters. The fourth-order valence-electron chi connectivity index (χ4n) is 1.28. The van der Waals surface area contributed by atoms with Gasteiger partial charge in [0.05, 0.1) is 6.10 Å². The van der Waals surface area contributed by atoms with E-state index in [1.807, 2.05) is 13.8 Å². The molecule has 3 N–H and O–H groups in total. The smallest absolute Gasteiger partial charge is 0.271 e. The number of nitrogen functional groups attached to an aromatic ring is 1. The summed E-state index contributed by atoms with van der Waals surface area (Å²) in [5.41, 5.74) is 5.93. The Morgan fingerprint density at radius 1 is 1.65 bits per heavy atom. The summed E-state index contributed by atoms with van der Waals surface area (Å²) in [7, 11) is 1.70. The zero-order chi connectivity index (χ0) is 12.8. The lowest BCUT2D eigenvalue weighted by molar-refractivity contribution is 0.0756. The van der Waals surface area contributed by atoms with Gasteiger partial charge in [0.1, 0.15) is 5.82 Å².